The third-order valence-electron chi connectivity index (χ3n) is 4.60. The van der Waals surface area contributed by atoms with Crippen LogP contribution in [0.15, 0.2) is 4.99 Å². The normalized spacial score (nSPS) is 21.9. The van der Waals surface area contributed by atoms with E-state index in [0.717, 1.165) is 58.5 Å². The first kappa shape index (κ1) is 18.5. The van der Waals surface area contributed by atoms with Gasteiger partial charge in [0, 0.05) is 39.8 Å². The SMILES string of the molecule is CN=C(NCCOC1CCCCCC1)NCCN1CCOCC1. The maximum absolute atomic E-state index is 5.99. The molecule has 0 aromatic heterocycles. The summed E-state index contributed by atoms with van der Waals surface area (Å²) in [5.74, 6) is 0.864. The van der Waals surface area contributed by atoms with Crippen LogP contribution in [0.3, 0.4) is 0 Å². The number of nitrogens with one attached hydrogen (secondary N) is 2. The third-order valence-corrected chi connectivity index (χ3v) is 4.60. The molecule has 1 aliphatic carbocycles. The summed E-state index contributed by atoms with van der Waals surface area (Å²) in [6.07, 6.45) is 8.32. The van der Waals surface area contributed by atoms with E-state index in [2.05, 4.69) is 20.5 Å². The summed E-state index contributed by atoms with van der Waals surface area (Å²) in [5, 5.41) is 6.70. The molecule has 0 spiro atoms. The molecule has 0 atom stereocenters. The Bertz CT molecular complexity index is 325. The Kier molecular flexibility index (Phi) is 9.36. The minimum Gasteiger partial charge on any atom is -0.379 e. The molecule has 0 bridgehead atoms. The Balaban J connectivity index is 1.50. The van der Waals surface area contributed by atoms with Crippen LogP contribution < -0.4 is 10.6 Å². The zero-order chi connectivity index (χ0) is 16.2. The largest absolute Gasteiger partial charge is 0.379 e. The molecule has 6 heteroatoms. The lowest BCUT2D eigenvalue weighted by molar-refractivity contribution is 0.0388. The zero-order valence-electron chi connectivity index (χ0n) is 14.7. The summed E-state index contributed by atoms with van der Waals surface area (Å²) < 4.78 is 11.3. The molecule has 0 radical (unpaired) electrons. The molecule has 1 aliphatic heterocycles. The van der Waals surface area contributed by atoms with Gasteiger partial charge in [-0.25, -0.2) is 0 Å². The van der Waals surface area contributed by atoms with Gasteiger partial charge in [-0.2, -0.15) is 0 Å². The summed E-state index contributed by atoms with van der Waals surface area (Å²) in [5.41, 5.74) is 0. The highest BCUT2D eigenvalue weighted by Gasteiger charge is 2.12. The molecule has 23 heavy (non-hydrogen) atoms. The predicted molar refractivity (Wildman–Crippen MR) is 94.1 cm³/mol. The minimum atomic E-state index is 0.468. The molecular formula is C17H34N4O2. The number of aliphatic imine (C=N–C) groups is 1. The summed E-state index contributed by atoms with van der Waals surface area (Å²) in [4.78, 5) is 6.68. The average Bonchev–Trinajstić information content (AvgIpc) is 2.87. The van der Waals surface area contributed by atoms with Gasteiger partial charge in [0.1, 0.15) is 0 Å². The molecule has 2 rings (SSSR count). The topological polar surface area (TPSA) is 58.1 Å². The van der Waals surface area contributed by atoms with Crippen molar-refractivity contribution >= 4 is 5.96 Å². The molecule has 6 nitrogen and oxygen atoms in total. The fourth-order valence-corrected chi connectivity index (χ4v) is 3.18. The fraction of sp³-hybridized carbons (Fsp3) is 0.941. The first-order chi connectivity index (χ1) is 11.4. The molecule has 2 fully saturated rings. The van der Waals surface area contributed by atoms with Crippen molar-refractivity contribution in [3.63, 3.8) is 0 Å². The number of morpholine rings is 1. The Hall–Kier alpha value is -0.850. The van der Waals surface area contributed by atoms with E-state index in [0.29, 0.717) is 6.10 Å². The second-order valence-electron chi connectivity index (χ2n) is 6.36. The van der Waals surface area contributed by atoms with E-state index in [1.54, 1.807) is 0 Å². The number of ether oxygens (including phenoxy) is 2. The van der Waals surface area contributed by atoms with Gasteiger partial charge in [0.15, 0.2) is 5.96 Å². The number of hydrogen-bond acceptors (Lipinski definition) is 4. The minimum absolute atomic E-state index is 0.468. The van der Waals surface area contributed by atoms with Gasteiger partial charge < -0.3 is 20.1 Å². The maximum Gasteiger partial charge on any atom is 0.191 e. The first-order valence-electron chi connectivity index (χ1n) is 9.24. The lowest BCUT2D eigenvalue weighted by atomic mass is 10.1. The zero-order valence-corrected chi connectivity index (χ0v) is 14.7. The van der Waals surface area contributed by atoms with Crippen molar-refractivity contribution in [2.75, 3.05) is 59.6 Å². The van der Waals surface area contributed by atoms with Gasteiger partial charge in [0.25, 0.3) is 0 Å². The molecule has 0 aromatic carbocycles. The highest BCUT2D eigenvalue weighted by molar-refractivity contribution is 5.79. The Labute approximate surface area is 141 Å². The van der Waals surface area contributed by atoms with Crippen LogP contribution in [0.1, 0.15) is 38.5 Å². The van der Waals surface area contributed by atoms with Crippen LogP contribution in [0.25, 0.3) is 0 Å². The molecule has 1 saturated carbocycles. The standard InChI is InChI=1S/C17H34N4O2/c1-18-17(19-8-10-21-11-14-22-15-12-21)20-9-13-23-16-6-4-2-3-5-7-16/h16H,2-15H2,1H3,(H2,18,19,20). The van der Waals surface area contributed by atoms with Crippen LogP contribution in [0.5, 0.6) is 0 Å². The van der Waals surface area contributed by atoms with Crippen molar-refractivity contribution in [1.29, 1.82) is 0 Å². The summed E-state index contributed by atoms with van der Waals surface area (Å²) in [6.45, 7) is 7.27. The molecule has 1 saturated heterocycles. The van der Waals surface area contributed by atoms with Gasteiger partial charge in [-0.15, -0.1) is 0 Å². The van der Waals surface area contributed by atoms with Crippen LogP contribution in [-0.2, 0) is 9.47 Å². The van der Waals surface area contributed by atoms with E-state index in [1.165, 1.54) is 38.5 Å². The van der Waals surface area contributed by atoms with E-state index in [1.807, 2.05) is 7.05 Å². The fourth-order valence-electron chi connectivity index (χ4n) is 3.18. The molecule has 0 unspecified atom stereocenters. The molecule has 2 aliphatic rings. The van der Waals surface area contributed by atoms with Crippen molar-refractivity contribution in [3.05, 3.63) is 0 Å². The average molecular weight is 326 g/mol. The van der Waals surface area contributed by atoms with E-state index in [4.69, 9.17) is 9.47 Å². The number of guanidine groups is 1. The van der Waals surface area contributed by atoms with Crippen molar-refractivity contribution in [2.45, 2.75) is 44.6 Å². The van der Waals surface area contributed by atoms with E-state index < -0.39 is 0 Å². The molecule has 134 valence electrons. The smallest absolute Gasteiger partial charge is 0.191 e. The van der Waals surface area contributed by atoms with Crippen molar-refractivity contribution in [1.82, 2.24) is 15.5 Å². The van der Waals surface area contributed by atoms with Crippen molar-refractivity contribution < 1.29 is 9.47 Å². The lowest BCUT2D eigenvalue weighted by Gasteiger charge is -2.26. The number of rotatable bonds is 7. The lowest BCUT2D eigenvalue weighted by Crippen LogP contribution is -2.45. The van der Waals surface area contributed by atoms with E-state index >= 15 is 0 Å². The molecular weight excluding hydrogens is 292 g/mol. The highest BCUT2D eigenvalue weighted by Crippen LogP contribution is 2.19. The summed E-state index contributed by atoms with van der Waals surface area (Å²) in [6, 6.07) is 0. The van der Waals surface area contributed by atoms with Crippen LogP contribution in [-0.4, -0.2) is 76.6 Å². The van der Waals surface area contributed by atoms with E-state index in [9.17, 15) is 0 Å². The second kappa shape index (κ2) is 11.6. The van der Waals surface area contributed by atoms with Gasteiger partial charge in [0.2, 0.25) is 0 Å². The van der Waals surface area contributed by atoms with Gasteiger partial charge in [0.05, 0.1) is 25.9 Å². The summed E-state index contributed by atoms with van der Waals surface area (Å²) in [7, 11) is 1.82. The van der Waals surface area contributed by atoms with Crippen LogP contribution >= 0.6 is 0 Å². The molecule has 0 amide bonds. The van der Waals surface area contributed by atoms with E-state index in [-0.39, 0.29) is 0 Å². The van der Waals surface area contributed by atoms with Crippen LogP contribution in [0.2, 0.25) is 0 Å². The third kappa shape index (κ3) is 7.99. The molecule has 1 heterocycles. The molecule has 2 N–H and O–H groups in total. The first-order valence-corrected chi connectivity index (χ1v) is 9.24. The quantitative estimate of drug-likeness (QED) is 0.319. The monoisotopic (exact) mass is 326 g/mol. The van der Waals surface area contributed by atoms with Crippen molar-refractivity contribution in [2.24, 2.45) is 4.99 Å². The Morgan fingerprint density at radius 2 is 1.78 bits per heavy atom. The van der Waals surface area contributed by atoms with Gasteiger partial charge >= 0.3 is 0 Å². The molecule has 0 aromatic rings. The van der Waals surface area contributed by atoms with Crippen LogP contribution in [0.4, 0.5) is 0 Å². The number of nitrogens with zero attached hydrogens (tertiary/aromatic N) is 2. The highest BCUT2D eigenvalue weighted by atomic mass is 16.5. The summed E-state index contributed by atoms with van der Waals surface area (Å²) >= 11 is 0. The Morgan fingerprint density at radius 3 is 2.48 bits per heavy atom. The Morgan fingerprint density at radius 1 is 1.09 bits per heavy atom. The predicted octanol–water partition coefficient (Wildman–Crippen LogP) is 1.22. The van der Waals surface area contributed by atoms with Crippen molar-refractivity contribution in [3.8, 4) is 0 Å². The van der Waals surface area contributed by atoms with Crippen LogP contribution in [0, 0.1) is 0 Å². The maximum atomic E-state index is 5.99. The van der Waals surface area contributed by atoms with Gasteiger partial charge in [-0.3, -0.25) is 9.89 Å². The van der Waals surface area contributed by atoms with Gasteiger partial charge in [-0.05, 0) is 12.8 Å². The second-order valence-corrected chi connectivity index (χ2v) is 6.36. The van der Waals surface area contributed by atoms with Gasteiger partial charge in [-0.1, -0.05) is 25.7 Å². The number of hydrogen-bond donors (Lipinski definition) is 2.